The van der Waals surface area contributed by atoms with Crippen LogP contribution in [0.4, 0.5) is 17.6 Å². The van der Waals surface area contributed by atoms with Crippen LogP contribution in [0.5, 0.6) is 0 Å². The van der Waals surface area contributed by atoms with E-state index in [2.05, 4.69) is 4.98 Å². The second kappa shape index (κ2) is 4.79. The Balaban J connectivity index is 2.59. The Bertz CT molecular complexity index is 622. The van der Waals surface area contributed by atoms with Gasteiger partial charge in [0.05, 0.1) is 11.8 Å². The van der Waals surface area contributed by atoms with Crippen LogP contribution in [0.25, 0.3) is 11.1 Å². The molecule has 0 saturated carbocycles. The molecule has 1 aromatic heterocycles. The zero-order valence-corrected chi connectivity index (χ0v) is 9.41. The summed E-state index contributed by atoms with van der Waals surface area (Å²) in [5, 5.41) is 0. The van der Waals surface area contributed by atoms with Crippen molar-refractivity contribution in [1.82, 2.24) is 4.98 Å². The predicted molar refractivity (Wildman–Crippen MR) is 60.0 cm³/mol. The van der Waals surface area contributed by atoms with Gasteiger partial charge in [0, 0.05) is 5.56 Å². The maximum absolute atomic E-state index is 13.1. The van der Waals surface area contributed by atoms with Crippen LogP contribution in [-0.2, 0) is 6.18 Å². The van der Waals surface area contributed by atoms with Crippen molar-refractivity contribution < 1.29 is 22.4 Å². The van der Waals surface area contributed by atoms with Gasteiger partial charge in [-0.05, 0) is 23.8 Å². The van der Waals surface area contributed by atoms with Gasteiger partial charge in [-0.2, -0.15) is 13.2 Å². The van der Waals surface area contributed by atoms with Gasteiger partial charge in [0.15, 0.2) is 6.29 Å². The van der Waals surface area contributed by atoms with Crippen LogP contribution < -0.4 is 0 Å². The van der Waals surface area contributed by atoms with Gasteiger partial charge in [0.1, 0.15) is 11.5 Å². The number of carbonyl (C=O) groups excluding carboxylic acids is 1. The molecule has 0 bridgehead atoms. The molecule has 0 amide bonds. The quantitative estimate of drug-likeness (QED) is 0.614. The molecule has 6 heteroatoms. The second-order valence-corrected chi connectivity index (χ2v) is 3.78. The Hall–Kier alpha value is -2.24. The highest BCUT2D eigenvalue weighted by Crippen LogP contribution is 2.32. The van der Waals surface area contributed by atoms with Crippen LogP contribution in [0, 0.1) is 5.82 Å². The van der Waals surface area contributed by atoms with Gasteiger partial charge < -0.3 is 0 Å². The summed E-state index contributed by atoms with van der Waals surface area (Å²) in [4.78, 5) is 14.3. The molecule has 98 valence electrons. The topological polar surface area (TPSA) is 30.0 Å². The fourth-order valence-corrected chi connectivity index (χ4v) is 1.64. The lowest BCUT2D eigenvalue weighted by Crippen LogP contribution is -2.05. The van der Waals surface area contributed by atoms with Crippen LogP contribution in [0.3, 0.4) is 0 Å². The minimum absolute atomic E-state index is 0.0288. The number of halogens is 4. The van der Waals surface area contributed by atoms with Crippen LogP contribution in [0.1, 0.15) is 16.1 Å². The highest BCUT2D eigenvalue weighted by molar-refractivity contribution is 5.85. The molecular weight excluding hydrogens is 262 g/mol. The first-order chi connectivity index (χ1) is 8.91. The largest absolute Gasteiger partial charge is 0.416 e. The minimum atomic E-state index is -4.50. The SMILES string of the molecule is O=Cc1ncc(F)cc1-c1cccc(C(F)(F)F)c1. The summed E-state index contributed by atoms with van der Waals surface area (Å²) in [6.07, 6.45) is -3.30. The van der Waals surface area contributed by atoms with Crippen molar-refractivity contribution in [2.75, 3.05) is 0 Å². The van der Waals surface area contributed by atoms with Gasteiger partial charge >= 0.3 is 6.18 Å². The van der Waals surface area contributed by atoms with Gasteiger partial charge in [-0.1, -0.05) is 12.1 Å². The molecule has 0 aliphatic carbocycles. The van der Waals surface area contributed by atoms with Crippen molar-refractivity contribution in [3.63, 3.8) is 0 Å². The third kappa shape index (κ3) is 2.78. The number of carbonyl (C=O) groups is 1. The maximum Gasteiger partial charge on any atom is 0.416 e. The van der Waals surface area contributed by atoms with E-state index < -0.39 is 17.6 Å². The average molecular weight is 269 g/mol. The number of rotatable bonds is 2. The van der Waals surface area contributed by atoms with Crippen molar-refractivity contribution in [2.24, 2.45) is 0 Å². The zero-order chi connectivity index (χ0) is 14.0. The monoisotopic (exact) mass is 269 g/mol. The summed E-state index contributed by atoms with van der Waals surface area (Å²) in [6.45, 7) is 0. The number of pyridine rings is 1. The molecular formula is C13H7F4NO. The van der Waals surface area contributed by atoms with Crippen molar-refractivity contribution in [3.8, 4) is 11.1 Å². The van der Waals surface area contributed by atoms with Crippen molar-refractivity contribution in [3.05, 3.63) is 53.6 Å². The first kappa shape index (κ1) is 13.2. The van der Waals surface area contributed by atoms with Crippen LogP contribution in [0.2, 0.25) is 0 Å². The smallest absolute Gasteiger partial charge is 0.296 e. The normalized spacial score (nSPS) is 11.4. The number of aldehydes is 1. The van der Waals surface area contributed by atoms with Crippen molar-refractivity contribution in [2.45, 2.75) is 6.18 Å². The third-order valence-corrected chi connectivity index (χ3v) is 2.50. The van der Waals surface area contributed by atoms with E-state index >= 15 is 0 Å². The number of alkyl halides is 3. The van der Waals surface area contributed by atoms with Gasteiger partial charge in [-0.25, -0.2) is 9.37 Å². The molecule has 0 saturated heterocycles. The Labute approximate surface area is 105 Å². The summed E-state index contributed by atoms with van der Waals surface area (Å²) in [5.41, 5.74) is -0.864. The maximum atomic E-state index is 13.1. The van der Waals surface area contributed by atoms with Gasteiger partial charge in [0.2, 0.25) is 0 Å². The Morgan fingerprint density at radius 3 is 2.53 bits per heavy atom. The molecule has 2 nitrogen and oxygen atoms in total. The lowest BCUT2D eigenvalue weighted by molar-refractivity contribution is -0.137. The van der Waals surface area contributed by atoms with Crippen LogP contribution >= 0.6 is 0 Å². The number of hydrogen-bond acceptors (Lipinski definition) is 2. The molecule has 0 spiro atoms. The Kier molecular flexibility index (Phi) is 3.33. The van der Waals surface area contributed by atoms with Crippen LogP contribution in [0.15, 0.2) is 36.5 Å². The average Bonchev–Trinajstić information content (AvgIpc) is 2.38. The van der Waals surface area contributed by atoms with E-state index in [-0.39, 0.29) is 16.8 Å². The molecule has 0 fully saturated rings. The number of benzene rings is 1. The molecule has 1 heterocycles. The number of hydrogen-bond donors (Lipinski definition) is 0. The Morgan fingerprint density at radius 1 is 1.16 bits per heavy atom. The van der Waals surface area contributed by atoms with E-state index in [0.717, 1.165) is 24.4 Å². The minimum Gasteiger partial charge on any atom is -0.296 e. The van der Waals surface area contributed by atoms with Gasteiger partial charge in [0.25, 0.3) is 0 Å². The molecule has 0 aliphatic heterocycles. The number of aromatic nitrogens is 1. The summed E-state index contributed by atoms with van der Waals surface area (Å²) in [6, 6.07) is 5.28. The first-order valence-corrected chi connectivity index (χ1v) is 5.20. The fourth-order valence-electron chi connectivity index (χ4n) is 1.64. The highest BCUT2D eigenvalue weighted by atomic mass is 19.4. The standard InChI is InChI=1S/C13H7F4NO/c14-10-5-11(12(7-19)18-6-10)8-2-1-3-9(4-8)13(15,16)17/h1-7H. The molecule has 0 radical (unpaired) electrons. The summed E-state index contributed by atoms with van der Waals surface area (Å²) >= 11 is 0. The summed E-state index contributed by atoms with van der Waals surface area (Å²) < 4.78 is 50.9. The summed E-state index contributed by atoms with van der Waals surface area (Å²) in [7, 11) is 0. The van der Waals surface area contributed by atoms with Crippen molar-refractivity contribution in [1.29, 1.82) is 0 Å². The van der Waals surface area contributed by atoms with Crippen molar-refractivity contribution >= 4 is 6.29 Å². The zero-order valence-electron chi connectivity index (χ0n) is 9.41. The van der Waals surface area contributed by atoms with E-state index in [1.807, 2.05) is 0 Å². The third-order valence-electron chi connectivity index (χ3n) is 2.50. The number of nitrogens with zero attached hydrogens (tertiary/aromatic N) is 1. The lowest BCUT2D eigenvalue weighted by Gasteiger charge is -2.09. The fraction of sp³-hybridized carbons (Fsp3) is 0.0769. The first-order valence-electron chi connectivity index (χ1n) is 5.20. The lowest BCUT2D eigenvalue weighted by atomic mass is 10.0. The van der Waals surface area contributed by atoms with E-state index in [0.29, 0.717) is 6.29 Å². The predicted octanol–water partition coefficient (Wildman–Crippen LogP) is 3.72. The van der Waals surface area contributed by atoms with E-state index in [1.165, 1.54) is 12.1 Å². The van der Waals surface area contributed by atoms with E-state index in [1.54, 1.807) is 0 Å². The molecule has 0 N–H and O–H groups in total. The highest BCUT2D eigenvalue weighted by Gasteiger charge is 2.30. The Morgan fingerprint density at radius 2 is 1.89 bits per heavy atom. The van der Waals surface area contributed by atoms with Gasteiger partial charge in [-0.3, -0.25) is 4.79 Å². The second-order valence-electron chi connectivity index (χ2n) is 3.78. The summed E-state index contributed by atoms with van der Waals surface area (Å²) in [5.74, 6) is -0.724. The molecule has 2 aromatic rings. The molecule has 2 rings (SSSR count). The van der Waals surface area contributed by atoms with Gasteiger partial charge in [-0.15, -0.1) is 0 Å². The molecule has 0 unspecified atom stereocenters. The molecule has 0 atom stereocenters. The molecule has 1 aromatic carbocycles. The van der Waals surface area contributed by atoms with E-state index in [4.69, 9.17) is 0 Å². The van der Waals surface area contributed by atoms with E-state index in [9.17, 15) is 22.4 Å². The van der Waals surface area contributed by atoms with Crippen LogP contribution in [-0.4, -0.2) is 11.3 Å². The molecule has 0 aliphatic rings. The molecule has 19 heavy (non-hydrogen) atoms.